The van der Waals surface area contributed by atoms with E-state index in [2.05, 4.69) is 11.4 Å². The van der Waals surface area contributed by atoms with Crippen LogP contribution in [-0.4, -0.2) is 23.5 Å². The SMILES string of the molecule is CC1=C(C(=O)OCCc2ccccc2)[C@H](c2cccc(O)c2)C2=C(C[C@@H](c3cccs3)CC2=O)N1. The number of Topliss-reactive ketones (excluding diaryl/α,β-unsaturated/α-hetero) is 1. The first-order valence-electron chi connectivity index (χ1n) is 11.8. The van der Waals surface area contributed by atoms with Gasteiger partial charge in [0.1, 0.15) is 5.75 Å². The fraction of sp³-hybridized carbons (Fsp3) is 0.241. The topological polar surface area (TPSA) is 75.6 Å². The molecule has 0 unspecified atom stereocenters. The minimum atomic E-state index is -0.584. The van der Waals surface area contributed by atoms with Crippen LogP contribution in [-0.2, 0) is 20.7 Å². The number of phenols is 1. The molecule has 2 atom stereocenters. The molecule has 2 N–H and O–H groups in total. The molecule has 1 aromatic heterocycles. The molecule has 2 aliphatic rings. The number of thiophene rings is 1. The molecule has 0 saturated carbocycles. The highest BCUT2D eigenvalue weighted by Gasteiger charge is 2.41. The first kappa shape index (κ1) is 23.1. The largest absolute Gasteiger partial charge is 0.508 e. The Hall–Kier alpha value is -3.64. The molecule has 3 aromatic rings. The van der Waals surface area contributed by atoms with Gasteiger partial charge in [-0.25, -0.2) is 4.79 Å². The van der Waals surface area contributed by atoms with Crippen molar-refractivity contribution in [2.75, 3.05) is 6.61 Å². The predicted molar refractivity (Wildman–Crippen MR) is 136 cm³/mol. The Morgan fingerprint density at radius 3 is 2.66 bits per heavy atom. The number of nitrogens with one attached hydrogen (secondary N) is 1. The van der Waals surface area contributed by atoms with E-state index in [0.717, 1.165) is 11.3 Å². The minimum absolute atomic E-state index is 0.0209. The summed E-state index contributed by atoms with van der Waals surface area (Å²) in [4.78, 5) is 28.1. The highest BCUT2D eigenvalue weighted by atomic mass is 32.1. The standard InChI is InChI=1S/C29H27NO4S/c1-18-26(29(33)34-13-12-19-7-3-2-4-8-19)27(20-9-5-10-22(31)15-20)28-23(30-18)16-21(17-24(28)32)25-11-6-14-35-25/h2-11,14-15,21,27,30-31H,12-13,16-17H2,1H3/t21-,27+/m1/s1. The van der Waals surface area contributed by atoms with Crippen LogP contribution >= 0.6 is 11.3 Å². The Morgan fingerprint density at radius 1 is 1.09 bits per heavy atom. The van der Waals surface area contributed by atoms with Gasteiger partial charge in [0.05, 0.1) is 12.2 Å². The smallest absolute Gasteiger partial charge is 0.336 e. The first-order valence-corrected chi connectivity index (χ1v) is 12.7. The predicted octanol–water partition coefficient (Wildman–Crippen LogP) is 5.60. The van der Waals surface area contributed by atoms with Gasteiger partial charge in [0, 0.05) is 46.5 Å². The average Bonchev–Trinajstić information content (AvgIpc) is 3.39. The van der Waals surface area contributed by atoms with Crippen molar-refractivity contribution in [3.8, 4) is 5.75 Å². The summed E-state index contributed by atoms with van der Waals surface area (Å²) in [5, 5.41) is 15.6. The molecule has 5 rings (SSSR count). The van der Waals surface area contributed by atoms with E-state index in [0.29, 0.717) is 41.7 Å². The summed E-state index contributed by atoms with van der Waals surface area (Å²) in [6.45, 7) is 2.10. The van der Waals surface area contributed by atoms with Gasteiger partial charge in [0.25, 0.3) is 0 Å². The van der Waals surface area contributed by atoms with Gasteiger partial charge in [-0.05, 0) is 48.1 Å². The van der Waals surface area contributed by atoms with Gasteiger partial charge in [-0.2, -0.15) is 0 Å². The van der Waals surface area contributed by atoms with Gasteiger partial charge < -0.3 is 15.2 Å². The van der Waals surface area contributed by atoms with Gasteiger partial charge in [-0.15, -0.1) is 11.3 Å². The van der Waals surface area contributed by atoms with E-state index < -0.39 is 11.9 Å². The molecule has 0 saturated heterocycles. The Bertz CT molecular complexity index is 1310. The highest BCUT2D eigenvalue weighted by molar-refractivity contribution is 7.10. The zero-order valence-electron chi connectivity index (χ0n) is 19.5. The van der Waals surface area contributed by atoms with Gasteiger partial charge in [-0.3, -0.25) is 4.79 Å². The number of esters is 1. The molecule has 6 heteroatoms. The summed E-state index contributed by atoms with van der Waals surface area (Å²) >= 11 is 1.66. The summed E-state index contributed by atoms with van der Waals surface area (Å²) in [5.41, 5.74) is 4.35. The number of aromatic hydroxyl groups is 1. The van der Waals surface area contributed by atoms with E-state index in [4.69, 9.17) is 4.74 Å². The van der Waals surface area contributed by atoms with Crippen LogP contribution in [0.1, 0.15) is 47.6 Å². The maximum Gasteiger partial charge on any atom is 0.336 e. The first-order chi connectivity index (χ1) is 17.0. The monoisotopic (exact) mass is 485 g/mol. The molecular weight excluding hydrogens is 458 g/mol. The van der Waals surface area contributed by atoms with E-state index in [9.17, 15) is 14.7 Å². The van der Waals surface area contributed by atoms with E-state index in [-0.39, 0.29) is 24.1 Å². The lowest BCUT2D eigenvalue weighted by Crippen LogP contribution is -2.36. The summed E-state index contributed by atoms with van der Waals surface area (Å²) < 4.78 is 5.70. The summed E-state index contributed by atoms with van der Waals surface area (Å²) in [5.74, 6) is -0.797. The van der Waals surface area contributed by atoms with Crippen molar-refractivity contribution in [1.82, 2.24) is 5.32 Å². The number of phenolic OH excluding ortho intramolecular Hbond substituents is 1. The van der Waals surface area contributed by atoms with Crippen LogP contribution in [0.15, 0.2) is 94.7 Å². The third-order valence-corrected chi connectivity index (χ3v) is 7.70. The van der Waals surface area contributed by atoms with E-state index in [1.165, 1.54) is 4.88 Å². The van der Waals surface area contributed by atoms with Crippen molar-refractivity contribution in [3.05, 3.63) is 111 Å². The number of allylic oxidation sites excluding steroid dienone is 3. The van der Waals surface area contributed by atoms with Crippen molar-refractivity contribution in [3.63, 3.8) is 0 Å². The molecule has 0 bridgehead atoms. The molecule has 35 heavy (non-hydrogen) atoms. The molecule has 5 nitrogen and oxygen atoms in total. The molecule has 1 aliphatic heterocycles. The Morgan fingerprint density at radius 2 is 1.91 bits per heavy atom. The third-order valence-electron chi connectivity index (χ3n) is 6.66. The molecule has 0 radical (unpaired) electrons. The van der Waals surface area contributed by atoms with Crippen LogP contribution in [0.5, 0.6) is 5.75 Å². The normalized spacial score (nSPS) is 19.9. The molecule has 0 spiro atoms. The zero-order chi connectivity index (χ0) is 24.4. The summed E-state index contributed by atoms with van der Waals surface area (Å²) in [6, 6.07) is 20.7. The minimum Gasteiger partial charge on any atom is -0.508 e. The average molecular weight is 486 g/mol. The van der Waals surface area contributed by atoms with Crippen molar-refractivity contribution in [1.29, 1.82) is 0 Å². The van der Waals surface area contributed by atoms with Crippen LogP contribution in [0.4, 0.5) is 0 Å². The number of hydrogen-bond acceptors (Lipinski definition) is 6. The van der Waals surface area contributed by atoms with Crippen molar-refractivity contribution in [2.24, 2.45) is 0 Å². The fourth-order valence-electron chi connectivity index (χ4n) is 5.06. The zero-order valence-corrected chi connectivity index (χ0v) is 20.3. The molecule has 0 fully saturated rings. The highest BCUT2D eigenvalue weighted by Crippen LogP contribution is 2.46. The van der Waals surface area contributed by atoms with Gasteiger partial charge in [0.15, 0.2) is 5.78 Å². The summed E-state index contributed by atoms with van der Waals surface area (Å²) in [7, 11) is 0. The van der Waals surface area contributed by atoms with Crippen molar-refractivity contribution in [2.45, 2.75) is 38.0 Å². The van der Waals surface area contributed by atoms with E-state index >= 15 is 0 Å². The second-order valence-electron chi connectivity index (χ2n) is 9.00. The van der Waals surface area contributed by atoms with Crippen LogP contribution in [0.25, 0.3) is 0 Å². The Kier molecular flexibility index (Phi) is 6.55. The van der Waals surface area contributed by atoms with E-state index in [1.807, 2.05) is 54.8 Å². The van der Waals surface area contributed by atoms with Crippen LogP contribution in [0.3, 0.4) is 0 Å². The molecule has 2 heterocycles. The Labute approximate surface area is 208 Å². The summed E-state index contributed by atoms with van der Waals surface area (Å²) in [6.07, 6.45) is 1.70. The van der Waals surface area contributed by atoms with Gasteiger partial charge in [-0.1, -0.05) is 48.5 Å². The van der Waals surface area contributed by atoms with Crippen LogP contribution in [0.2, 0.25) is 0 Å². The maximum absolute atomic E-state index is 13.5. The molecule has 0 amide bonds. The number of rotatable bonds is 6. The lowest BCUT2D eigenvalue weighted by Gasteiger charge is -2.36. The second-order valence-corrected chi connectivity index (χ2v) is 9.98. The molecule has 1 aliphatic carbocycles. The lowest BCUT2D eigenvalue weighted by atomic mass is 9.72. The number of hydrogen-bond donors (Lipinski definition) is 2. The number of ketones is 1. The number of ether oxygens (including phenoxy) is 1. The third kappa shape index (κ3) is 4.80. The maximum atomic E-state index is 13.5. The Balaban J connectivity index is 1.46. The fourth-order valence-corrected chi connectivity index (χ4v) is 5.89. The molecular formula is C29H27NO4S. The van der Waals surface area contributed by atoms with Gasteiger partial charge in [0.2, 0.25) is 0 Å². The number of carbonyl (C=O) groups is 2. The number of dihydropyridines is 1. The number of carbonyl (C=O) groups excluding carboxylic acids is 2. The van der Waals surface area contributed by atoms with Crippen molar-refractivity contribution < 1.29 is 19.4 Å². The van der Waals surface area contributed by atoms with E-state index in [1.54, 1.807) is 29.5 Å². The van der Waals surface area contributed by atoms with Crippen LogP contribution in [0, 0.1) is 0 Å². The van der Waals surface area contributed by atoms with Crippen LogP contribution < -0.4 is 5.32 Å². The van der Waals surface area contributed by atoms with Crippen molar-refractivity contribution >= 4 is 23.1 Å². The molecule has 2 aromatic carbocycles. The lowest BCUT2D eigenvalue weighted by molar-refractivity contribution is -0.139. The van der Waals surface area contributed by atoms with Gasteiger partial charge >= 0.3 is 5.97 Å². The number of benzene rings is 2. The second kappa shape index (κ2) is 9.92. The molecule has 178 valence electrons. The quantitative estimate of drug-likeness (QED) is 0.445.